The number of nitrogens with one attached hydrogen (secondary N) is 2. The van der Waals surface area contributed by atoms with Crippen molar-refractivity contribution in [3.05, 3.63) is 0 Å². The number of nitrogens with zero attached hydrogens (tertiary/aromatic N) is 1. The third-order valence-corrected chi connectivity index (χ3v) is 1.87. The Morgan fingerprint density at radius 1 is 1.50 bits per heavy atom. The van der Waals surface area contributed by atoms with E-state index in [0.717, 1.165) is 0 Å². The van der Waals surface area contributed by atoms with E-state index >= 15 is 0 Å². The summed E-state index contributed by atoms with van der Waals surface area (Å²) in [5.41, 5.74) is 1.35. The highest BCUT2D eigenvalue weighted by atomic mass is 19.3. The highest BCUT2D eigenvalue weighted by Gasteiger charge is 2.40. The number of piperazine rings is 1. The van der Waals surface area contributed by atoms with E-state index in [0.29, 0.717) is 11.6 Å². The summed E-state index contributed by atoms with van der Waals surface area (Å²) in [6, 6.07) is -3.09. The Kier molecular flexibility index (Phi) is 3.69. The molecule has 0 aliphatic carbocycles. The average Bonchev–Trinajstić information content (AvgIpc) is 2.05. The highest BCUT2D eigenvalue weighted by molar-refractivity contribution is 5.67. The van der Waals surface area contributed by atoms with Crippen molar-refractivity contribution >= 4 is 6.09 Å². The van der Waals surface area contributed by atoms with Crippen LogP contribution in [0.1, 0.15) is 20.8 Å². The third-order valence-electron chi connectivity index (χ3n) is 1.87. The number of alkyl halides is 2. The predicted molar refractivity (Wildman–Crippen MR) is 53.9 cm³/mol. The van der Waals surface area contributed by atoms with Crippen LogP contribution < -0.4 is 10.7 Å². The SMILES string of the molecule is CC(C)(C)OC(=O)NN1CCNCC1(F)F. The lowest BCUT2D eigenvalue weighted by molar-refractivity contribution is -0.177. The molecule has 0 unspecified atom stereocenters. The van der Waals surface area contributed by atoms with E-state index in [1.165, 1.54) is 0 Å². The summed E-state index contributed by atoms with van der Waals surface area (Å²) in [5, 5.41) is 3.14. The fourth-order valence-electron chi connectivity index (χ4n) is 1.24. The smallest absolute Gasteiger partial charge is 0.422 e. The number of amides is 1. The van der Waals surface area contributed by atoms with Crippen molar-refractivity contribution in [2.75, 3.05) is 19.6 Å². The zero-order valence-electron chi connectivity index (χ0n) is 9.64. The van der Waals surface area contributed by atoms with Gasteiger partial charge in [0.05, 0.1) is 6.54 Å². The molecule has 1 amide bonds. The molecular formula is C9H17F2N3O2. The Hall–Kier alpha value is -0.950. The summed E-state index contributed by atoms with van der Waals surface area (Å²) in [6.07, 6.45) is -0.867. The molecular weight excluding hydrogens is 220 g/mol. The van der Waals surface area contributed by atoms with Crippen molar-refractivity contribution in [3.8, 4) is 0 Å². The largest absolute Gasteiger partial charge is 0.443 e. The molecule has 1 rings (SSSR count). The molecule has 0 bridgehead atoms. The Balaban J connectivity index is 2.49. The van der Waals surface area contributed by atoms with Crippen LogP contribution in [0.4, 0.5) is 13.6 Å². The summed E-state index contributed by atoms with van der Waals surface area (Å²) in [7, 11) is 0. The fourth-order valence-corrected chi connectivity index (χ4v) is 1.24. The summed E-state index contributed by atoms with van der Waals surface area (Å²) < 4.78 is 31.4. The van der Waals surface area contributed by atoms with Gasteiger partial charge in [0, 0.05) is 13.1 Å². The van der Waals surface area contributed by atoms with Crippen molar-refractivity contribution in [2.24, 2.45) is 0 Å². The number of hydrogen-bond acceptors (Lipinski definition) is 4. The van der Waals surface area contributed by atoms with Gasteiger partial charge in [-0.3, -0.25) is 0 Å². The van der Waals surface area contributed by atoms with Gasteiger partial charge in [-0.25, -0.2) is 10.2 Å². The molecule has 1 fully saturated rings. The summed E-state index contributed by atoms with van der Waals surface area (Å²) >= 11 is 0. The number of ether oxygens (including phenoxy) is 1. The lowest BCUT2D eigenvalue weighted by atomic mass is 10.2. The van der Waals surface area contributed by atoms with Crippen LogP contribution in [0.25, 0.3) is 0 Å². The van der Waals surface area contributed by atoms with Crippen LogP contribution in [0.5, 0.6) is 0 Å². The summed E-state index contributed by atoms with van der Waals surface area (Å²) in [5.74, 6) is 0. The first-order chi connectivity index (χ1) is 7.21. The minimum atomic E-state index is -3.09. The van der Waals surface area contributed by atoms with Crippen molar-refractivity contribution < 1.29 is 18.3 Å². The zero-order valence-corrected chi connectivity index (χ0v) is 9.64. The molecule has 1 aliphatic rings. The third kappa shape index (κ3) is 3.90. The Morgan fingerprint density at radius 3 is 2.62 bits per heavy atom. The van der Waals surface area contributed by atoms with Gasteiger partial charge in [0.1, 0.15) is 5.60 Å². The molecule has 0 saturated carbocycles. The van der Waals surface area contributed by atoms with E-state index in [-0.39, 0.29) is 6.54 Å². The number of hydrazine groups is 1. The van der Waals surface area contributed by atoms with Gasteiger partial charge < -0.3 is 10.1 Å². The van der Waals surface area contributed by atoms with Crippen molar-refractivity contribution in [2.45, 2.75) is 32.4 Å². The molecule has 1 aliphatic heterocycles. The molecule has 0 aromatic carbocycles. The zero-order chi connectivity index (χ0) is 12.4. The normalized spacial score (nSPS) is 21.6. The first kappa shape index (κ1) is 13.1. The topological polar surface area (TPSA) is 53.6 Å². The van der Waals surface area contributed by atoms with E-state index in [9.17, 15) is 13.6 Å². The first-order valence-electron chi connectivity index (χ1n) is 5.06. The van der Waals surface area contributed by atoms with Gasteiger partial charge in [-0.2, -0.15) is 13.8 Å². The van der Waals surface area contributed by atoms with Crippen LogP contribution in [0.15, 0.2) is 0 Å². The molecule has 2 N–H and O–H groups in total. The van der Waals surface area contributed by atoms with Crippen LogP contribution in [-0.2, 0) is 4.74 Å². The van der Waals surface area contributed by atoms with Crippen LogP contribution in [-0.4, -0.2) is 42.4 Å². The maximum atomic E-state index is 13.3. The molecule has 94 valence electrons. The Morgan fingerprint density at radius 2 is 2.12 bits per heavy atom. The van der Waals surface area contributed by atoms with Gasteiger partial charge >= 0.3 is 12.1 Å². The second-order valence-corrected chi connectivity index (χ2v) is 4.61. The van der Waals surface area contributed by atoms with Crippen LogP contribution in [0.2, 0.25) is 0 Å². The van der Waals surface area contributed by atoms with Crippen molar-refractivity contribution in [1.82, 2.24) is 15.8 Å². The lowest BCUT2D eigenvalue weighted by Crippen LogP contribution is -2.62. The molecule has 0 atom stereocenters. The minimum absolute atomic E-state index is 0.0340. The summed E-state index contributed by atoms with van der Waals surface area (Å²) in [6.45, 7) is 4.95. The molecule has 0 aromatic rings. The van der Waals surface area contributed by atoms with E-state index in [4.69, 9.17) is 4.74 Å². The number of hydrogen-bond donors (Lipinski definition) is 2. The van der Waals surface area contributed by atoms with Crippen LogP contribution >= 0.6 is 0 Å². The maximum Gasteiger partial charge on any atom is 0.422 e. The Labute approximate surface area is 93.1 Å². The average molecular weight is 237 g/mol. The highest BCUT2D eigenvalue weighted by Crippen LogP contribution is 2.19. The standard InChI is InChI=1S/C9H17F2N3O2/c1-8(2,3)16-7(15)13-14-5-4-12-6-9(14,10)11/h12H,4-6H2,1-3H3,(H,13,15). The van der Waals surface area contributed by atoms with Crippen molar-refractivity contribution in [3.63, 3.8) is 0 Å². The van der Waals surface area contributed by atoms with Gasteiger partial charge in [-0.15, -0.1) is 0 Å². The molecule has 5 nitrogen and oxygen atoms in total. The van der Waals surface area contributed by atoms with Crippen molar-refractivity contribution in [1.29, 1.82) is 0 Å². The van der Waals surface area contributed by atoms with Gasteiger partial charge in [-0.1, -0.05) is 0 Å². The molecule has 0 spiro atoms. The predicted octanol–water partition coefficient (Wildman–Crippen LogP) is 0.924. The molecule has 16 heavy (non-hydrogen) atoms. The van der Waals surface area contributed by atoms with Gasteiger partial charge in [0.2, 0.25) is 0 Å². The lowest BCUT2D eigenvalue weighted by Gasteiger charge is -2.35. The number of carbonyl (C=O) groups excluding carboxylic acids is 1. The van der Waals surface area contributed by atoms with Gasteiger partial charge in [0.25, 0.3) is 0 Å². The summed E-state index contributed by atoms with van der Waals surface area (Å²) in [4.78, 5) is 11.3. The Bertz CT molecular complexity index is 266. The molecule has 1 heterocycles. The van der Waals surface area contributed by atoms with E-state index < -0.39 is 24.3 Å². The molecule has 7 heteroatoms. The number of rotatable bonds is 1. The first-order valence-corrected chi connectivity index (χ1v) is 5.06. The fraction of sp³-hybridized carbons (Fsp3) is 0.889. The van der Waals surface area contributed by atoms with E-state index in [1.54, 1.807) is 20.8 Å². The maximum absolute atomic E-state index is 13.3. The molecule has 0 radical (unpaired) electrons. The second kappa shape index (κ2) is 4.50. The monoisotopic (exact) mass is 237 g/mol. The number of carbonyl (C=O) groups is 1. The van der Waals surface area contributed by atoms with Gasteiger partial charge in [-0.05, 0) is 20.8 Å². The van der Waals surface area contributed by atoms with E-state index in [1.807, 2.05) is 5.43 Å². The van der Waals surface area contributed by atoms with Gasteiger partial charge in [0.15, 0.2) is 0 Å². The second-order valence-electron chi connectivity index (χ2n) is 4.61. The van der Waals surface area contributed by atoms with Crippen LogP contribution in [0.3, 0.4) is 0 Å². The number of halogens is 2. The van der Waals surface area contributed by atoms with Crippen LogP contribution in [0, 0.1) is 0 Å². The quantitative estimate of drug-likeness (QED) is 0.666. The molecule has 0 aromatic heterocycles. The molecule has 1 saturated heterocycles. The minimum Gasteiger partial charge on any atom is -0.443 e. The van der Waals surface area contributed by atoms with E-state index in [2.05, 4.69) is 5.32 Å².